The van der Waals surface area contributed by atoms with Crippen LogP contribution in [0.2, 0.25) is 0 Å². The lowest BCUT2D eigenvalue weighted by Gasteiger charge is -2.42. The minimum absolute atomic E-state index is 0. The number of carboxylic acids is 1. The quantitative estimate of drug-likeness (QED) is 0.713. The number of rotatable bonds is 1. The van der Waals surface area contributed by atoms with Crippen molar-refractivity contribution >= 4 is 18.4 Å². The van der Waals surface area contributed by atoms with Gasteiger partial charge in [0.15, 0.2) is 0 Å². The van der Waals surface area contributed by atoms with Gasteiger partial charge in [-0.15, -0.1) is 12.4 Å². The van der Waals surface area contributed by atoms with Crippen LogP contribution >= 0.6 is 12.4 Å². The van der Waals surface area contributed by atoms with Gasteiger partial charge < -0.3 is 15.2 Å². The Hall–Kier alpha value is -0.320. The summed E-state index contributed by atoms with van der Waals surface area (Å²) < 4.78 is 5.32. The second-order valence-corrected chi connectivity index (χ2v) is 4.41. The van der Waals surface area contributed by atoms with E-state index in [0.29, 0.717) is 0 Å². The number of hydrogen-bond acceptors (Lipinski definition) is 3. The summed E-state index contributed by atoms with van der Waals surface area (Å²) in [5, 5.41) is 12.0. The van der Waals surface area contributed by atoms with Crippen molar-refractivity contribution in [3.63, 3.8) is 0 Å². The van der Waals surface area contributed by atoms with Crippen molar-refractivity contribution in [2.24, 2.45) is 5.41 Å². The van der Waals surface area contributed by atoms with Crippen molar-refractivity contribution in [3.8, 4) is 0 Å². The van der Waals surface area contributed by atoms with E-state index in [1.54, 1.807) is 0 Å². The summed E-state index contributed by atoms with van der Waals surface area (Å²) in [6.07, 6.45) is 3.92. The Balaban J connectivity index is 0.00000112. The van der Waals surface area contributed by atoms with Crippen LogP contribution in [0.25, 0.3) is 0 Å². The molecule has 2 aliphatic heterocycles. The topological polar surface area (TPSA) is 58.6 Å². The molecule has 88 valence electrons. The molecular formula is C10H18ClNO3. The van der Waals surface area contributed by atoms with Gasteiger partial charge in [-0.1, -0.05) is 0 Å². The van der Waals surface area contributed by atoms with Crippen molar-refractivity contribution in [2.75, 3.05) is 19.8 Å². The molecule has 0 aliphatic carbocycles. The van der Waals surface area contributed by atoms with Crippen molar-refractivity contribution in [3.05, 3.63) is 0 Å². The zero-order chi connectivity index (χ0) is 10.0. The molecule has 2 N–H and O–H groups in total. The lowest BCUT2D eigenvalue weighted by Crippen LogP contribution is -2.49. The summed E-state index contributed by atoms with van der Waals surface area (Å²) in [5.41, 5.74) is 0.243. The van der Waals surface area contributed by atoms with E-state index in [-0.39, 0.29) is 23.9 Å². The molecule has 1 spiro atoms. The third-order valence-electron chi connectivity index (χ3n) is 3.53. The van der Waals surface area contributed by atoms with E-state index in [0.717, 1.165) is 45.4 Å². The van der Waals surface area contributed by atoms with Gasteiger partial charge in [0.05, 0.1) is 0 Å². The second kappa shape index (κ2) is 5.14. The number of carboxylic acid groups (broad SMARTS) is 1. The molecule has 2 rings (SSSR count). The molecule has 0 radical (unpaired) electrons. The molecule has 0 amide bonds. The Morgan fingerprint density at radius 3 is 2.60 bits per heavy atom. The first-order valence-corrected chi connectivity index (χ1v) is 5.26. The summed E-state index contributed by atoms with van der Waals surface area (Å²) in [7, 11) is 0. The summed E-state index contributed by atoms with van der Waals surface area (Å²) in [6, 6.07) is -0.346. The number of hydrogen-bond donors (Lipinski definition) is 2. The van der Waals surface area contributed by atoms with E-state index < -0.39 is 5.97 Å². The van der Waals surface area contributed by atoms with Crippen molar-refractivity contribution < 1.29 is 14.6 Å². The Morgan fingerprint density at radius 2 is 2.00 bits per heavy atom. The summed E-state index contributed by atoms with van der Waals surface area (Å²) >= 11 is 0. The Morgan fingerprint density at radius 1 is 1.33 bits per heavy atom. The van der Waals surface area contributed by atoms with Gasteiger partial charge in [-0.2, -0.15) is 0 Å². The molecule has 4 nitrogen and oxygen atoms in total. The van der Waals surface area contributed by atoms with E-state index in [2.05, 4.69) is 5.32 Å². The third kappa shape index (κ3) is 2.83. The lowest BCUT2D eigenvalue weighted by molar-refractivity contribution is -0.142. The van der Waals surface area contributed by atoms with Gasteiger partial charge in [-0.05, 0) is 37.6 Å². The van der Waals surface area contributed by atoms with Crippen LogP contribution < -0.4 is 5.32 Å². The van der Waals surface area contributed by atoms with Crippen LogP contribution in [-0.4, -0.2) is 36.9 Å². The summed E-state index contributed by atoms with van der Waals surface area (Å²) in [6.45, 7) is 2.43. The van der Waals surface area contributed by atoms with Crippen molar-refractivity contribution in [2.45, 2.75) is 31.7 Å². The minimum atomic E-state index is -0.712. The SMILES string of the molecule is Cl.O=C(O)C1CC2(CCN1)CCOCC2. The molecule has 2 saturated heterocycles. The van der Waals surface area contributed by atoms with E-state index in [1.165, 1.54) is 0 Å². The zero-order valence-electron chi connectivity index (χ0n) is 8.70. The fourth-order valence-electron chi connectivity index (χ4n) is 2.55. The fraction of sp³-hybridized carbons (Fsp3) is 0.900. The van der Waals surface area contributed by atoms with Gasteiger partial charge in [0.1, 0.15) is 6.04 Å². The Bertz CT molecular complexity index is 223. The van der Waals surface area contributed by atoms with E-state index in [9.17, 15) is 4.79 Å². The standard InChI is InChI=1S/C10H17NO3.ClH/c12-9(13)8-7-10(1-4-11-8)2-5-14-6-3-10;/h8,11H,1-7H2,(H,12,13);1H. The van der Waals surface area contributed by atoms with Crippen molar-refractivity contribution in [1.82, 2.24) is 5.32 Å². The smallest absolute Gasteiger partial charge is 0.320 e. The molecule has 1 unspecified atom stereocenters. The van der Waals surface area contributed by atoms with Crippen LogP contribution in [0.1, 0.15) is 25.7 Å². The molecule has 2 fully saturated rings. The van der Waals surface area contributed by atoms with Crippen LogP contribution in [0.15, 0.2) is 0 Å². The Labute approximate surface area is 95.8 Å². The summed E-state index contributed by atoms with van der Waals surface area (Å²) in [4.78, 5) is 10.9. The molecule has 0 aromatic rings. The number of carbonyl (C=O) groups is 1. The highest BCUT2D eigenvalue weighted by atomic mass is 35.5. The van der Waals surface area contributed by atoms with E-state index in [4.69, 9.17) is 9.84 Å². The van der Waals surface area contributed by atoms with Crippen LogP contribution in [0.4, 0.5) is 0 Å². The summed E-state index contributed by atoms with van der Waals surface area (Å²) in [5.74, 6) is -0.712. The fourth-order valence-corrected chi connectivity index (χ4v) is 2.55. The number of halogens is 1. The molecule has 1 atom stereocenters. The minimum Gasteiger partial charge on any atom is -0.480 e. The van der Waals surface area contributed by atoms with Crippen LogP contribution in [0.5, 0.6) is 0 Å². The highest BCUT2D eigenvalue weighted by molar-refractivity contribution is 5.85. The predicted molar refractivity (Wildman–Crippen MR) is 58.4 cm³/mol. The average Bonchev–Trinajstić information content (AvgIpc) is 2.19. The van der Waals surface area contributed by atoms with Gasteiger partial charge in [-0.25, -0.2) is 0 Å². The van der Waals surface area contributed by atoms with Gasteiger partial charge in [0.2, 0.25) is 0 Å². The highest BCUT2D eigenvalue weighted by Crippen LogP contribution is 2.40. The molecule has 0 saturated carbocycles. The molecule has 0 aromatic carbocycles. The predicted octanol–water partition coefficient (Wildman–Crippen LogP) is 1.04. The molecule has 2 heterocycles. The zero-order valence-corrected chi connectivity index (χ0v) is 9.52. The maximum absolute atomic E-state index is 10.9. The first-order valence-electron chi connectivity index (χ1n) is 5.26. The molecule has 2 aliphatic rings. The average molecular weight is 236 g/mol. The van der Waals surface area contributed by atoms with Gasteiger partial charge in [-0.3, -0.25) is 4.79 Å². The first-order chi connectivity index (χ1) is 6.72. The number of nitrogens with one attached hydrogen (secondary N) is 1. The van der Waals surface area contributed by atoms with E-state index in [1.807, 2.05) is 0 Å². The van der Waals surface area contributed by atoms with Gasteiger partial charge in [0.25, 0.3) is 0 Å². The lowest BCUT2D eigenvalue weighted by atomic mass is 9.71. The number of ether oxygens (including phenoxy) is 1. The Kier molecular flexibility index (Phi) is 4.37. The first kappa shape index (κ1) is 12.7. The highest BCUT2D eigenvalue weighted by Gasteiger charge is 2.39. The number of aliphatic carboxylic acids is 1. The van der Waals surface area contributed by atoms with Gasteiger partial charge >= 0.3 is 5.97 Å². The molecule has 0 aromatic heterocycles. The van der Waals surface area contributed by atoms with E-state index >= 15 is 0 Å². The van der Waals surface area contributed by atoms with Crippen LogP contribution in [0, 0.1) is 5.41 Å². The number of piperidine rings is 1. The third-order valence-corrected chi connectivity index (χ3v) is 3.53. The molecular weight excluding hydrogens is 218 g/mol. The molecule has 5 heteroatoms. The van der Waals surface area contributed by atoms with Crippen molar-refractivity contribution in [1.29, 1.82) is 0 Å². The van der Waals surface area contributed by atoms with Crippen LogP contribution in [-0.2, 0) is 9.53 Å². The molecule has 0 bridgehead atoms. The maximum Gasteiger partial charge on any atom is 0.320 e. The van der Waals surface area contributed by atoms with Crippen LogP contribution in [0.3, 0.4) is 0 Å². The largest absolute Gasteiger partial charge is 0.480 e. The van der Waals surface area contributed by atoms with Gasteiger partial charge in [0, 0.05) is 13.2 Å². The second-order valence-electron chi connectivity index (χ2n) is 4.41. The normalized spacial score (nSPS) is 29.5. The monoisotopic (exact) mass is 235 g/mol. The maximum atomic E-state index is 10.9. The molecule has 15 heavy (non-hydrogen) atoms.